The topological polar surface area (TPSA) is 291 Å². The van der Waals surface area contributed by atoms with Gasteiger partial charge >= 0.3 is 23.9 Å². The first-order chi connectivity index (χ1) is 38.2. The molecule has 30 heteroatoms. The van der Waals surface area contributed by atoms with Gasteiger partial charge in [-0.3, -0.25) is 43.6 Å². The molecule has 0 unspecified atom stereocenters. The number of aliphatic carboxylic acids is 3. The number of hydrogen-bond acceptors (Lipinski definition) is 22. The van der Waals surface area contributed by atoms with Crippen LogP contribution in [0.25, 0.3) is 0 Å². The van der Waals surface area contributed by atoms with E-state index in [0.717, 1.165) is 0 Å². The standard InChI is InChI=1S/C49H81F4N5O21/c50-40-35-41(51)48(53)49(47(40)52)79-46(66)1-11-67-13-15-69-17-19-71-21-23-73-25-27-75-29-31-77-33-34-78-32-30-76-28-26-74-24-22-72-20-18-70-16-14-68-12-2-54-42(59)36-55-3-5-56(37-43(60)61)7-9-58(39-45(64)65)10-8-57(6-4-55)38-44(62)63/h35H,1-34,36-39H2,(H,54,59)(H,60,61)(H,62,63)(H,64,65). The Bertz CT molecular complexity index is 1750. The number of nitrogens with zero attached hydrogens (tertiary/aromatic N) is 4. The summed E-state index contributed by atoms with van der Waals surface area (Å²) in [6.45, 7) is 9.98. The summed E-state index contributed by atoms with van der Waals surface area (Å²) in [7, 11) is 0. The highest BCUT2D eigenvalue weighted by Gasteiger charge is 2.24. The lowest BCUT2D eigenvalue weighted by Crippen LogP contribution is -2.50. The number of carboxylic acid groups (broad SMARTS) is 3. The Morgan fingerprint density at radius 1 is 0.380 bits per heavy atom. The molecule has 1 saturated heterocycles. The number of ether oxygens (including phenoxy) is 13. The molecule has 1 heterocycles. The van der Waals surface area contributed by atoms with Crippen molar-refractivity contribution in [1.29, 1.82) is 0 Å². The molecular weight excluding hydrogens is 1070 g/mol. The number of halogens is 4. The van der Waals surface area contributed by atoms with Crippen molar-refractivity contribution in [3.05, 3.63) is 29.3 Å². The van der Waals surface area contributed by atoms with Crippen molar-refractivity contribution in [2.75, 3.05) is 244 Å². The van der Waals surface area contributed by atoms with Gasteiger partial charge in [0.25, 0.3) is 0 Å². The van der Waals surface area contributed by atoms with E-state index < -0.39 is 59.3 Å². The van der Waals surface area contributed by atoms with Crippen LogP contribution in [0.3, 0.4) is 0 Å². The number of hydrogen-bond donors (Lipinski definition) is 4. The molecule has 0 spiro atoms. The molecule has 0 atom stereocenters. The quantitative estimate of drug-likeness (QED) is 0.0207. The summed E-state index contributed by atoms with van der Waals surface area (Å²) in [6.07, 6.45) is -0.410. The summed E-state index contributed by atoms with van der Waals surface area (Å²) in [4.78, 5) is 65.8. The van der Waals surface area contributed by atoms with Crippen LogP contribution in [0.2, 0.25) is 0 Å². The molecule has 0 bridgehead atoms. The zero-order chi connectivity index (χ0) is 57.6. The van der Waals surface area contributed by atoms with Crippen LogP contribution in [0, 0.1) is 23.3 Å². The molecule has 1 aromatic carbocycles. The number of esters is 1. The van der Waals surface area contributed by atoms with Crippen LogP contribution in [0.15, 0.2) is 6.07 Å². The minimum atomic E-state index is -1.81. The van der Waals surface area contributed by atoms with E-state index in [1.807, 2.05) is 4.90 Å². The van der Waals surface area contributed by atoms with Gasteiger partial charge in [-0.15, -0.1) is 0 Å². The second kappa shape index (κ2) is 47.3. The molecule has 1 aliphatic heterocycles. The summed E-state index contributed by atoms with van der Waals surface area (Å²) in [5.41, 5.74) is 0. The van der Waals surface area contributed by atoms with Crippen molar-refractivity contribution >= 4 is 29.8 Å². The predicted octanol–water partition coefficient (Wildman–Crippen LogP) is -0.671. The Kier molecular flexibility index (Phi) is 42.4. The lowest BCUT2D eigenvalue weighted by molar-refractivity contribution is -0.140. The first-order valence-electron chi connectivity index (χ1n) is 26.0. The van der Waals surface area contributed by atoms with Gasteiger partial charge in [0.1, 0.15) is 0 Å². The molecule has 0 aliphatic carbocycles. The molecule has 0 radical (unpaired) electrons. The Hall–Kier alpha value is -4.35. The number of carbonyl (C=O) groups is 5. The Labute approximate surface area is 457 Å². The summed E-state index contributed by atoms with van der Waals surface area (Å²) >= 11 is 0. The number of carbonyl (C=O) groups excluding carboxylic acids is 2. The number of amides is 1. The third-order valence-corrected chi connectivity index (χ3v) is 10.8. The maximum Gasteiger partial charge on any atom is 0.317 e. The highest BCUT2D eigenvalue weighted by Crippen LogP contribution is 2.26. The summed E-state index contributed by atoms with van der Waals surface area (Å²) in [6, 6.07) is 0.00990. The number of benzene rings is 1. The number of carboxylic acids is 3. The van der Waals surface area contributed by atoms with Gasteiger partial charge in [0.15, 0.2) is 11.6 Å². The normalized spacial score (nSPS) is 14.5. The van der Waals surface area contributed by atoms with Gasteiger partial charge in [-0.05, 0) is 0 Å². The van der Waals surface area contributed by atoms with Crippen LogP contribution >= 0.6 is 0 Å². The van der Waals surface area contributed by atoms with Crippen LogP contribution in [-0.4, -0.2) is 308 Å². The van der Waals surface area contributed by atoms with Crippen LogP contribution in [-0.2, 0) is 80.8 Å². The molecular formula is C49H81F4N5O21. The van der Waals surface area contributed by atoms with Crippen molar-refractivity contribution in [2.45, 2.75) is 6.42 Å². The van der Waals surface area contributed by atoms with Crippen LogP contribution in [0.5, 0.6) is 5.75 Å². The summed E-state index contributed by atoms with van der Waals surface area (Å²) in [5.74, 6) is -12.9. The van der Waals surface area contributed by atoms with Crippen molar-refractivity contribution < 1.29 is 118 Å². The summed E-state index contributed by atoms with van der Waals surface area (Å²) in [5, 5.41) is 31.0. The molecule has 1 aromatic rings. The highest BCUT2D eigenvalue weighted by molar-refractivity contribution is 5.78. The third kappa shape index (κ3) is 39.7. The van der Waals surface area contributed by atoms with E-state index in [4.69, 9.17) is 56.8 Å². The first kappa shape index (κ1) is 70.8. The van der Waals surface area contributed by atoms with Crippen molar-refractivity contribution in [2.24, 2.45) is 0 Å². The minimum absolute atomic E-state index is 0.00990. The van der Waals surface area contributed by atoms with Gasteiger partial charge in [-0.25, -0.2) is 8.78 Å². The van der Waals surface area contributed by atoms with E-state index in [1.165, 1.54) is 0 Å². The highest BCUT2D eigenvalue weighted by atomic mass is 19.2. The fourth-order valence-corrected chi connectivity index (χ4v) is 6.79. The van der Waals surface area contributed by atoms with E-state index in [1.54, 1.807) is 14.7 Å². The number of rotatable bonds is 48. The van der Waals surface area contributed by atoms with Gasteiger partial charge in [0.2, 0.25) is 23.3 Å². The van der Waals surface area contributed by atoms with Crippen LogP contribution < -0.4 is 10.1 Å². The maximum atomic E-state index is 13.6. The lowest BCUT2D eigenvalue weighted by atomic mass is 10.3. The van der Waals surface area contributed by atoms with Crippen molar-refractivity contribution in [3.63, 3.8) is 0 Å². The van der Waals surface area contributed by atoms with Gasteiger partial charge in [0, 0.05) is 65.0 Å². The maximum absolute atomic E-state index is 13.6. The fourth-order valence-electron chi connectivity index (χ4n) is 6.79. The molecule has 456 valence electrons. The lowest BCUT2D eigenvalue weighted by Gasteiger charge is -2.32. The van der Waals surface area contributed by atoms with Crippen LogP contribution in [0.1, 0.15) is 6.42 Å². The molecule has 0 saturated carbocycles. The summed E-state index contributed by atoms with van der Waals surface area (Å²) < 4.78 is 123. The van der Waals surface area contributed by atoms with Crippen molar-refractivity contribution in [1.82, 2.24) is 24.9 Å². The fraction of sp³-hybridized carbons (Fsp3) is 0.776. The molecule has 2 rings (SSSR count). The monoisotopic (exact) mass is 1150 g/mol. The smallest absolute Gasteiger partial charge is 0.317 e. The van der Waals surface area contributed by atoms with E-state index in [2.05, 4.69) is 10.1 Å². The number of nitrogens with one attached hydrogen (secondary N) is 1. The average Bonchev–Trinajstić information content (AvgIpc) is 3.40. The van der Waals surface area contributed by atoms with E-state index in [0.29, 0.717) is 165 Å². The molecule has 4 N–H and O–H groups in total. The molecule has 1 fully saturated rings. The van der Waals surface area contributed by atoms with Crippen molar-refractivity contribution in [3.8, 4) is 5.75 Å². The average molecular weight is 1150 g/mol. The Balaban J connectivity index is 1.29. The molecule has 26 nitrogen and oxygen atoms in total. The first-order valence-corrected chi connectivity index (χ1v) is 26.0. The van der Waals surface area contributed by atoms with Gasteiger partial charge in [-0.2, -0.15) is 8.78 Å². The zero-order valence-electron chi connectivity index (χ0n) is 44.9. The van der Waals surface area contributed by atoms with E-state index in [9.17, 15) is 56.9 Å². The largest absolute Gasteiger partial charge is 0.480 e. The second-order valence-corrected chi connectivity index (χ2v) is 17.0. The van der Waals surface area contributed by atoms with Gasteiger partial charge in [-0.1, -0.05) is 0 Å². The minimum Gasteiger partial charge on any atom is -0.480 e. The Morgan fingerprint density at radius 2 is 0.620 bits per heavy atom. The Morgan fingerprint density at radius 3 is 0.886 bits per heavy atom. The zero-order valence-corrected chi connectivity index (χ0v) is 44.9. The van der Waals surface area contributed by atoms with Gasteiger partial charge in [0.05, 0.1) is 191 Å². The predicted molar refractivity (Wildman–Crippen MR) is 268 cm³/mol. The third-order valence-electron chi connectivity index (χ3n) is 10.8. The van der Waals surface area contributed by atoms with Gasteiger partial charge < -0.3 is 82.2 Å². The molecule has 1 amide bonds. The molecule has 0 aromatic heterocycles. The molecule has 1 aliphatic rings. The van der Waals surface area contributed by atoms with Crippen LogP contribution in [0.4, 0.5) is 17.6 Å². The SMILES string of the molecule is O=C(O)CN1CCN(CC(=O)O)CCN(CC(=O)NCCOCCOCCOCCOCCOCCOCCOCCOCCOCCOCCOCCOCCC(=O)Oc2c(F)c(F)cc(F)c2F)CCN(CC(=O)O)CC1. The van der Waals surface area contributed by atoms with E-state index >= 15 is 0 Å². The second-order valence-electron chi connectivity index (χ2n) is 17.0. The molecule has 79 heavy (non-hydrogen) atoms. The van der Waals surface area contributed by atoms with E-state index in [-0.39, 0.29) is 90.8 Å².